The molecule has 1 N–H and O–H groups in total. The highest BCUT2D eigenvalue weighted by molar-refractivity contribution is 6.74. The van der Waals surface area contributed by atoms with Gasteiger partial charge in [-0.1, -0.05) is 32.4 Å². The van der Waals surface area contributed by atoms with E-state index in [0.717, 1.165) is 18.7 Å². The number of hydrogen-bond donors (Lipinski definition) is 1. The summed E-state index contributed by atoms with van der Waals surface area (Å²) >= 11 is 6.23. The van der Waals surface area contributed by atoms with E-state index < -0.39 is 26.1 Å². The van der Waals surface area contributed by atoms with Crippen molar-refractivity contribution in [2.24, 2.45) is 0 Å². The molecule has 1 fully saturated rings. The van der Waals surface area contributed by atoms with Gasteiger partial charge in [0.25, 0.3) is 0 Å². The Balaban J connectivity index is 1.69. The van der Waals surface area contributed by atoms with Crippen LogP contribution in [0.15, 0.2) is 18.2 Å². The van der Waals surface area contributed by atoms with Gasteiger partial charge in [-0.2, -0.15) is 0 Å². The van der Waals surface area contributed by atoms with Gasteiger partial charge in [-0.15, -0.1) is 0 Å². The van der Waals surface area contributed by atoms with E-state index in [9.17, 15) is 9.90 Å². The van der Waals surface area contributed by atoms with Gasteiger partial charge in [-0.25, -0.2) is 0 Å². The largest absolute Gasteiger partial charge is 0.485 e. The van der Waals surface area contributed by atoms with Gasteiger partial charge in [-0.3, -0.25) is 9.69 Å². The van der Waals surface area contributed by atoms with Crippen LogP contribution in [0.25, 0.3) is 0 Å². The molecule has 2 atom stereocenters. The lowest BCUT2D eigenvalue weighted by molar-refractivity contribution is -0.150. The fourth-order valence-corrected chi connectivity index (χ4v) is 5.16. The first-order valence-electron chi connectivity index (χ1n) is 11.1. The SMILES string of the molecule is CC1(C)Oc2ccc(Cl)cc2[C@@H](N2CCN(CCO[Si](C)(C)C(C)(C)C)CC2=O)[C@@H]1O. The Labute approximate surface area is 192 Å². The van der Waals surface area contributed by atoms with Crippen LogP contribution >= 0.6 is 11.6 Å². The van der Waals surface area contributed by atoms with Crippen LogP contribution in [0.3, 0.4) is 0 Å². The first-order valence-corrected chi connectivity index (χ1v) is 14.3. The number of benzene rings is 1. The molecule has 0 saturated carbocycles. The molecular formula is C23H37ClN2O4Si. The highest BCUT2D eigenvalue weighted by Crippen LogP contribution is 2.44. The molecule has 2 aliphatic rings. The van der Waals surface area contributed by atoms with Crippen LogP contribution in [-0.2, 0) is 9.22 Å². The third kappa shape index (κ3) is 5.11. The van der Waals surface area contributed by atoms with Crippen molar-refractivity contribution in [3.05, 3.63) is 28.8 Å². The standard InChI is InChI=1S/C23H37ClN2O4Si/c1-22(2,3)31(6,7)29-13-12-25-10-11-26(19(27)15-25)20-17-14-16(24)8-9-18(17)30-23(4,5)21(20)28/h8-9,14,20-21,28H,10-13,15H2,1-7H3/t20-,21+/m1/s1. The molecule has 0 aliphatic carbocycles. The Hall–Kier alpha value is -1.12. The summed E-state index contributed by atoms with van der Waals surface area (Å²) in [7, 11) is -1.80. The first kappa shape index (κ1) is 24.5. The fraction of sp³-hybridized carbons (Fsp3) is 0.696. The van der Waals surface area contributed by atoms with E-state index in [-0.39, 0.29) is 10.9 Å². The number of nitrogens with zero attached hydrogens (tertiary/aromatic N) is 2. The number of carbonyl (C=O) groups is 1. The minimum atomic E-state index is -1.80. The van der Waals surface area contributed by atoms with Gasteiger partial charge in [0.1, 0.15) is 17.5 Å². The topological polar surface area (TPSA) is 62.2 Å². The third-order valence-electron chi connectivity index (χ3n) is 7.02. The van der Waals surface area contributed by atoms with Crippen molar-refractivity contribution in [3.63, 3.8) is 0 Å². The Morgan fingerprint density at radius 2 is 1.97 bits per heavy atom. The summed E-state index contributed by atoms with van der Waals surface area (Å²) in [6.07, 6.45) is -0.851. The predicted molar refractivity (Wildman–Crippen MR) is 126 cm³/mol. The number of fused-ring (bicyclic) bond motifs is 1. The molecule has 1 saturated heterocycles. The first-order chi connectivity index (χ1) is 14.2. The van der Waals surface area contributed by atoms with Crippen LogP contribution in [0.5, 0.6) is 5.75 Å². The molecule has 0 radical (unpaired) electrons. The third-order valence-corrected chi connectivity index (χ3v) is 11.8. The Bertz CT molecular complexity index is 824. The van der Waals surface area contributed by atoms with Crippen molar-refractivity contribution in [2.75, 3.05) is 32.8 Å². The molecule has 0 spiro atoms. The molecule has 174 valence electrons. The second kappa shape index (κ2) is 8.67. The molecule has 2 heterocycles. The molecule has 8 heteroatoms. The Kier molecular flexibility index (Phi) is 6.86. The maximum atomic E-state index is 13.1. The van der Waals surface area contributed by atoms with Crippen LogP contribution in [0.4, 0.5) is 0 Å². The number of rotatable bonds is 5. The van der Waals surface area contributed by atoms with Gasteiger partial charge in [0.15, 0.2) is 8.32 Å². The molecule has 2 aliphatic heterocycles. The summed E-state index contributed by atoms with van der Waals surface area (Å²) in [5.74, 6) is 0.675. The van der Waals surface area contributed by atoms with Crippen molar-refractivity contribution < 1.29 is 19.1 Å². The van der Waals surface area contributed by atoms with Crippen LogP contribution in [0.1, 0.15) is 46.2 Å². The summed E-state index contributed by atoms with van der Waals surface area (Å²) in [5, 5.41) is 11.8. The Morgan fingerprint density at radius 1 is 1.29 bits per heavy atom. The van der Waals surface area contributed by atoms with E-state index in [4.69, 9.17) is 20.8 Å². The predicted octanol–water partition coefficient (Wildman–Crippen LogP) is 4.08. The van der Waals surface area contributed by atoms with E-state index in [2.05, 4.69) is 38.8 Å². The molecule has 31 heavy (non-hydrogen) atoms. The molecule has 3 rings (SSSR count). The maximum Gasteiger partial charge on any atom is 0.237 e. The van der Waals surface area contributed by atoms with Crippen molar-refractivity contribution in [1.82, 2.24) is 9.80 Å². The van der Waals surface area contributed by atoms with Crippen LogP contribution in [-0.4, -0.2) is 73.6 Å². The number of carbonyl (C=O) groups excluding carboxylic acids is 1. The quantitative estimate of drug-likeness (QED) is 0.659. The average Bonchev–Trinajstić information content (AvgIpc) is 2.63. The number of halogens is 1. The number of piperazine rings is 1. The number of amides is 1. The Morgan fingerprint density at radius 3 is 2.58 bits per heavy atom. The average molecular weight is 469 g/mol. The molecule has 0 aromatic heterocycles. The lowest BCUT2D eigenvalue weighted by Gasteiger charge is -2.48. The summed E-state index contributed by atoms with van der Waals surface area (Å²) in [5.41, 5.74) is -0.0395. The summed E-state index contributed by atoms with van der Waals surface area (Å²) in [6, 6.07) is 4.91. The number of aliphatic hydroxyl groups excluding tert-OH is 1. The minimum absolute atomic E-state index is 0.00579. The molecule has 1 aromatic rings. The summed E-state index contributed by atoms with van der Waals surface area (Å²) < 4.78 is 12.3. The van der Waals surface area contributed by atoms with Crippen molar-refractivity contribution in [2.45, 2.75) is 70.5 Å². The van der Waals surface area contributed by atoms with E-state index >= 15 is 0 Å². The van der Waals surface area contributed by atoms with Gasteiger partial charge >= 0.3 is 0 Å². The van der Waals surface area contributed by atoms with E-state index in [0.29, 0.717) is 30.5 Å². The summed E-state index contributed by atoms with van der Waals surface area (Å²) in [4.78, 5) is 17.1. The molecule has 6 nitrogen and oxygen atoms in total. The number of hydrogen-bond acceptors (Lipinski definition) is 5. The fourth-order valence-electron chi connectivity index (χ4n) is 3.94. The molecule has 1 aromatic carbocycles. The second-order valence-corrected chi connectivity index (χ2v) is 16.0. The van der Waals surface area contributed by atoms with Crippen molar-refractivity contribution in [3.8, 4) is 5.75 Å². The normalized spacial score (nSPS) is 24.7. The van der Waals surface area contributed by atoms with Gasteiger partial charge < -0.3 is 19.2 Å². The van der Waals surface area contributed by atoms with Crippen LogP contribution in [0.2, 0.25) is 23.2 Å². The van der Waals surface area contributed by atoms with Gasteiger partial charge in [0, 0.05) is 36.8 Å². The van der Waals surface area contributed by atoms with Crippen molar-refractivity contribution >= 4 is 25.8 Å². The van der Waals surface area contributed by atoms with E-state index in [1.165, 1.54) is 0 Å². The lowest BCUT2D eigenvalue weighted by Crippen LogP contribution is -2.59. The van der Waals surface area contributed by atoms with E-state index in [1.807, 2.05) is 19.9 Å². The minimum Gasteiger partial charge on any atom is -0.485 e. The highest BCUT2D eigenvalue weighted by Gasteiger charge is 2.47. The summed E-state index contributed by atoms with van der Waals surface area (Å²) in [6.45, 7) is 17.8. The zero-order valence-electron chi connectivity index (χ0n) is 19.9. The number of ether oxygens (including phenoxy) is 1. The van der Waals surface area contributed by atoms with Gasteiger partial charge in [-0.05, 0) is 50.2 Å². The van der Waals surface area contributed by atoms with Crippen LogP contribution < -0.4 is 4.74 Å². The molecule has 1 amide bonds. The van der Waals surface area contributed by atoms with Crippen LogP contribution in [0, 0.1) is 0 Å². The zero-order valence-corrected chi connectivity index (χ0v) is 21.6. The smallest absolute Gasteiger partial charge is 0.237 e. The molecular weight excluding hydrogens is 432 g/mol. The second-order valence-electron chi connectivity index (χ2n) is 10.7. The zero-order chi connectivity index (χ0) is 23.2. The lowest BCUT2D eigenvalue weighted by atomic mass is 9.85. The molecule has 0 bridgehead atoms. The number of aliphatic hydroxyl groups is 1. The van der Waals surface area contributed by atoms with Gasteiger partial charge in [0.05, 0.1) is 12.6 Å². The maximum absolute atomic E-state index is 13.1. The monoisotopic (exact) mass is 468 g/mol. The highest BCUT2D eigenvalue weighted by atomic mass is 35.5. The van der Waals surface area contributed by atoms with Gasteiger partial charge in [0.2, 0.25) is 5.91 Å². The van der Waals surface area contributed by atoms with Crippen molar-refractivity contribution in [1.29, 1.82) is 0 Å². The molecule has 0 unspecified atom stereocenters. The van der Waals surface area contributed by atoms with E-state index in [1.54, 1.807) is 17.0 Å².